The first-order valence-corrected chi connectivity index (χ1v) is 7.56. The molecule has 0 aliphatic carbocycles. The molecular weight excluding hydrogens is 286 g/mol. The van der Waals surface area contributed by atoms with Crippen molar-refractivity contribution in [3.63, 3.8) is 0 Å². The lowest BCUT2D eigenvalue weighted by Gasteiger charge is -2.08. The number of nitrogens with zero attached hydrogens (tertiary/aromatic N) is 2. The van der Waals surface area contributed by atoms with Gasteiger partial charge in [0, 0.05) is 18.1 Å². The van der Waals surface area contributed by atoms with Gasteiger partial charge in [0.2, 0.25) is 5.95 Å². The number of rotatable bonds is 6. The molecule has 116 valence electrons. The molecule has 0 saturated heterocycles. The van der Waals surface area contributed by atoms with E-state index in [4.69, 9.17) is 4.74 Å². The van der Waals surface area contributed by atoms with E-state index in [2.05, 4.69) is 27.4 Å². The summed E-state index contributed by atoms with van der Waals surface area (Å²) >= 11 is 0. The van der Waals surface area contributed by atoms with Crippen molar-refractivity contribution in [2.45, 2.75) is 20.1 Å². The van der Waals surface area contributed by atoms with Crippen molar-refractivity contribution in [3.8, 4) is 0 Å². The van der Waals surface area contributed by atoms with Gasteiger partial charge in [0.25, 0.3) is 0 Å². The van der Waals surface area contributed by atoms with E-state index in [1.54, 1.807) is 12.4 Å². The van der Waals surface area contributed by atoms with Crippen molar-refractivity contribution in [1.29, 1.82) is 0 Å². The van der Waals surface area contributed by atoms with Gasteiger partial charge in [-0.1, -0.05) is 42.5 Å². The average molecular weight is 305 g/mol. The van der Waals surface area contributed by atoms with E-state index in [0.29, 0.717) is 19.2 Å². The number of nitrogens with one attached hydrogen (secondary N) is 1. The first-order valence-electron chi connectivity index (χ1n) is 7.56. The van der Waals surface area contributed by atoms with Gasteiger partial charge in [-0.25, -0.2) is 9.97 Å². The molecule has 3 aromatic rings. The Morgan fingerprint density at radius 3 is 2.35 bits per heavy atom. The third-order valence-corrected chi connectivity index (χ3v) is 3.34. The molecule has 0 aliphatic rings. The molecule has 23 heavy (non-hydrogen) atoms. The van der Waals surface area contributed by atoms with Crippen molar-refractivity contribution in [2.75, 3.05) is 5.32 Å². The molecule has 0 amide bonds. The Labute approximate surface area is 136 Å². The zero-order valence-corrected chi connectivity index (χ0v) is 13.1. The minimum absolute atomic E-state index is 0.569. The summed E-state index contributed by atoms with van der Waals surface area (Å²) in [5.74, 6) is 0.595. The molecule has 0 saturated carbocycles. The van der Waals surface area contributed by atoms with Crippen LogP contribution in [-0.4, -0.2) is 9.97 Å². The largest absolute Gasteiger partial charge is 0.372 e. The molecule has 4 nitrogen and oxygen atoms in total. The van der Waals surface area contributed by atoms with Crippen LogP contribution in [0.5, 0.6) is 0 Å². The Morgan fingerprint density at radius 1 is 0.870 bits per heavy atom. The maximum absolute atomic E-state index is 5.77. The van der Waals surface area contributed by atoms with Crippen LogP contribution >= 0.6 is 0 Å². The lowest BCUT2D eigenvalue weighted by Crippen LogP contribution is -1.98. The number of anilines is 2. The van der Waals surface area contributed by atoms with E-state index in [-0.39, 0.29) is 0 Å². The van der Waals surface area contributed by atoms with Gasteiger partial charge in [0.1, 0.15) is 0 Å². The maximum Gasteiger partial charge on any atom is 0.227 e. The van der Waals surface area contributed by atoms with Gasteiger partial charge in [-0.2, -0.15) is 0 Å². The minimum Gasteiger partial charge on any atom is -0.372 e. The van der Waals surface area contributed by atoms with E-state index in [0.717, 1.165) is 16.8 Å². The number of aryl methyl sites for hydroxylation is 1. The molecular formula is C19H19N3O. The number of benzene rings is 2. The van der Waals surface area contributed by atoms with Crippen LogP contribution in [0.2, 0.25) is 0 Å². The Bertz CT molecular complexity index is 742. The van der Waals surface area contributed by atoms with Crippen LogP contribution in [0.3, 0.4) is 0 Å². The monoisotopic (exact) mass is 305 g/mol. The summed E-state index contributed by atoms with van der Waals surface area (Å²) < 4.78 is 5.77. The fourth-order valence-corrected chi connectivity index (χ4v) is 2.19. The zero-order valence-electron chi connectivity index (χ0n) is 13.1. The van der Waals surface area contributed by atoms with E-state index in [1.807, 2.05) is 49.4 Å². The number of hydrogen-bond donors (Lipinski definition) is 1. The average Bonchev–Trinajstić information content (AvgIpc) is 2.58. The van der Waals surface area contributed by atoms with E-state index in [1.165, 1.54) is 5.56 Å². The highest BCUT2D eigenvalue weighted by Crippen LogP contribution is 2.16. The van der Waals surface area contributed by atoms with Gasteiger partial charge in [0.15, 0.2) is 0 Å². The predicted octanol–water partition coefficient (Wildman–Crippen LogP) is 4.25. The zero-order chi connectivity index (χ0) is 15.9. The second-order valence-corrected chi connectivity index (χ2v) is 5.39. The first kappa shape index (κ1) is 15.2. The van der Waals surface area contributed by atoms with Gasteiger partial charge in [-0.3, -0.25) is 0 Å². The Hall–Kier alpha value is -2.72. The van der Waals surface area contributed by atoms with Gasteiger partial charge >= 0.3 is 0 Å². The molecule has 0 fully saturated rings. The molecule has 0 aliphatic heterocycles. The molecule has 3 rings (SSSR count). The van der Waals surface area contributed by atoms with Crippen LogP contribution in [0.1, 0.15) is 16.7 Å². The van der Waals surface area contributed by atoms with Gasteiger partial charge in [-0.15, -0.1) is 0 Å². The Kier molecular flexibility index (Phi) is 4.96. The van der Waals surface area contributed by atoms with Crippen LogP contribution in [0.15, 0.2) is 67.0 Å². The van der Waals surface area contributed by atoms with Crippen LogP contribution < -0.4 is 5.32 Å². The molecule has 0 bridgehead atoms. The quantitative estimate of drug-likeness (QED) is 0.739. The molecule has 1 heterocycles. The van der Waals surface area contributed by atoms with Gasteiger partial charge in [-0.05, 0) is 35.7 Å². The number of aromatic nitrogens is 2. The van der Waals surface area contributed by atoms with Crippen molar-refractivity contribution in [3.05, 3.63) is 83.7 Å². The third-order valence-electron chi connectivity index (χ3n) is 3.34. The van der Waals surface area contributed by atoms with Crippen LogP contribution in [0.25, 0.3) is 0 Å². The molecule has 0 spiro atoms. The van der Waals surface area contributed by atoms with Crippen molar-refractivity contribution >= 4 is 11.6 Å². The topological polar surface area (TPSA) is 47.0 Å². The maximum atomic E-state index is 5.77. The highest BCUT2D eigenvalue weighted by Gasteiger charge is 2.00. The number of ether oxygens (including phenoxy) is 1. The highest BCUT2D eigenvalue weighted by atomic mass is 16.5. The van der Waals surface area contributed by atoms with E-state index >= 15 is 0 Å². The summed E-state index contributed by atoms with van der Waals surface area (Å²) in [5, 5.41) is 3.20. The summed E-state index contributed by atoms with van der Waals surface area (Å²) in [5.41, 5.74) is 4.28. The second kappa shape index (κ2) is 7.51. The molecule has 2 aromatic carbocycles. The summed E-state index contributed by atoms with van der Waals surface area (Å²) in [6, 6.07) is 18.3. The molecule has 1 aromatic heterocycles. The third kappa shape index (κ3) is 4.63. The molecule has 0 radical (unpaired) electrons. The smallest absolute Gasteiger partial charge is 0.227 e. The van der Waals surface area contributed by atoms with E-state index < -0.39 is 0 Å². The Morgan fingerprint density at radius 2 is 1.57 bits per heavy atom. The summed E-state index contributed by atoms with van der Waals surface area (Å²) in [6.45, 7) is 3.15. The lowest BCUT2D eigenvalue weighted by atomic mass is 10.2. The fourth-order valence-electron chi connectivity index (χ4n) is 2.19. The van der Waals surface area contributed by atoms with Gasteiger partial charge < -0.3 is 10.1 Å². The second-order valence-electron chi connectivity index (χ2n) is 5.39. The van der Waals surface area contributed by atoms with Crippen molar-refractivity contribution in [2.24, 2.45) is 0 Å². The highest BCUT2D eigenvalue weighted by molar-refractivity contribution is 5.54. The first-order chi connectivity index (χ1) is 11.3. The molecule has 0 atom stereocenters. The standard InChI is InChI=1S/C19H19N3O/c1-15-11-20-19(21-12-15)22-18-9-5-8-17(10-18)14-23-13-16-6-3-2-4-7-16/h2-12H,13-14H2,1H3,(H,20,21,22). The molecule has 0 unspecified atom stereocenters. The van der Waals surface area contributed by atoms with Crippen molar-refractivity contribution in [1.82, 2.24) is 9.97 Å². The van der Waals surface area contributed by atoms with Crippen LogP contribution in [0, 0.1) is 6.92 Å². The van der Waals surface area contributed by atoms with Gasteiger partial charge in [0.05, 0.1) is 13.2 Å². The Balaban J connectivity index is 1.57. The van der Waals surface area contributed by atoms with Crippen LogP contribution in [0.4, 0.5) is 11.6 Å². The fraction of sp³-hybridized carbons (Fsp3) is 0.158. The minimum atomic E-state index is 0.569. The van der Waals surface area contributed by atoms with Crippen molar-refractivity contribution < 1.29 is 4.74 Å². The SMILES string of the molecule is Cc1cnc(Nc2cccc(COCc3ccccc3)c2)nc1. The molecule has 4 heteroatoms. The lowest BCUT2D eigenvalue weighted by molar-refractivity contribution is 0.107. The normalized spacial score (nSPS) is 10.5. The summed E-state index contributed by atoms with van der Waals surface area (Å²) in [7, 11) is 0. The number of hydrogen-bond acceptors (Lipinski definition) is 4. The summed E-state index contributed by atoms with van der Waals surface area (Å²) in [4.78, 5) is 8.50. The molecule has 1 N–H and O–H groups in total. The van der Waals surface area contributed by atoms with Crippen LogP contribution in [-0.2, 0) is 18.0 Å². The van der Waals surface area contributed by atoms with E-state index in [9.17, 15) is 0 Å². The summed E-state index contributed by atoms with van der Waals surface area (Å²) in [6.07, 6.45) is 3.59. The predicted molar refractivity (Wildman–Crippen MR) is 91.4 cm³/mol.